The molecule has 0 aliphatic heterocycles. The van der Waals surface area contributed by atoms with Crippen molar-refractivity contribution in [3.8, 4) is 5.75 Å². The molecule has 0 unspecified atom stereocenters. The number of nitrogens with zero attached hydrogens (tertiary/aromatic N) is 1. The van der Waals surface area contributed by atoms with Crippen LogP contribution in [0.4, 0.5) is 10.7 Å². The Morgan fingerprint density at radius 3 is 2.61 bits per heavy atom. The average molecular weight is 461 g/mol. The highest BCUT2D eigenvalue weighted by Gasteiger charge is 2.33. The monoisotopic (exact) mass is 460 g/mol. The molecule has 0 spiro atoms. The van der Waals surface area contributed by atoms with Gasteiger partial charge in [0.1, 0.15) is 10.8 Å². The van der Waals surface area contributed by atoms with Gasteiger partial charge in [-0.3, -0.25) is 4.79 Å². The van der Waals surface area contributed by atoms with Crippen LogP contribution in [-0.4, -0.2) is 19.2 Å². The van der Waals surface area contributed by atoms with Crippen molar-refractivity contribution in [1.82, 2.24) is 0 Å². The number of benzene rings is 2. The molecule has 172 valence electrons. The number of ether oxygens (including phenoxy) is 1. The van der Waals surface area contributed by atoms with Gasteiger partial charge in [-0.1, -0.05) is 39.0 Å². The van der Waals surface area contributed by atoms with E-state index in [1.807, 2.05) is 61.7 Å². The predicted octanol–water partition coefficient (Wildman–Crippen LogP) is 7.22. The van der Waals surface area contributed by atoms with Crippen molar-refractivity contribution >= 4 is 34.1 Å². The van der Waals surface area contributed by atoms with E-state index >= 15 is 0 Å². The Morgan fingerprint density at radius 2 is 1.94 bits per heavy atom. The van der Waals surface area contributed by atoms with Gasteiger partial charge in [0.2, 0.25) is 0 Å². The standard InChI is InChI=1S/C28H32N2O2S/c1-18-15-22(32-5)13-11-19(18)17-29-27-25(26(31)30-21-9-7-6-8-10-21)23-14-12-20(28(2,3)4)16-24(23)33-27/h6-11,13,15,17,20H,12,14,16H2,1-5H3,(H,30,31)/t20-/m0/s1. The van der Waals surface area contributed by atoms with Crippen LogP contribution in [-0.2, 0) is 12.8 Å². The second-order valence-electron chi connectivity index (χ2n) is 9.79. The van der Waals surface area contributed by atoms with Gasteiger partial charge < -0.3 is 10.1 Å². The summed E-state index contributed by atoms with van der Waals surface area (Å²) in [5, 5.41) is 3.87. The van der Waals surface area contributed by atoms with Crippen molar-refractivity contribution < 1.29 is 9.53 Å². The summed E-state index contributed by atoms with van der Waals surface area (Å²) in [5.74, 6) is 1.35. The predicted molar refractivity (Wildman–Crippen MR) is 139 cm³/mol. The molecule has 4 nitrogen and oxygen atoms in total. The Balaban J connectivity index is 1.71. The molecule has 1 aliphatic rings. The van der Waals surface area contributed by atoms with Crippen molar-refractivity contribution in [2.75, 3.05) is 12.4 Å². The fourth-order valence-corrected chi connectivity index (χ4v) is 5.67. The highest BCUT2D eigenvalue weighted by atomic mass is 32.1. The zero-order valence-corrected chi connectivity index (χ0v) is 20.9. The summed E-state index contributed by atoms with van der Waals surface area (Å²) in [7, 11) is 1.67. The Labute approximate surface area is 200 Å². The van der Waals surface area contributed by atoms with Gasteiger partial charge in [0.25, 0.3) is 5.91 Å². The number of aryl methyl sites for hydroxylation is 1. The number of methoxy groups -OCH3 is 1. The lowest BCUT2D eigenvalue weighted by Crippen LogP contribution is -2.27. The first-order chi connectivity index (χ1) is 15.8. The van der Waals surface area contributed by atoms with E-state index in [4.69, 9.17) is 9.73 Å². The number of rotatable bonds is 5. The topological polar surface area (TPSA) is 50.7 Å². The Morgan fingerprint density at radius 1 is 1.18 bits per heavy atom. The van der Waals surface area contributed by atoms with Gasteiger partial charge >= 0.3 is 0 Å². The third-order valence-corrected chi connectivity index (χ3v) is 7.69. The van der Waals surface area contributed by atoms with Crippen LogP contribution in [0.15, 0.2) is 53.5 Å². The number of thiophene rings is 1. The zero-order chi connectivity index (χ0) is 23.6. The lowest BCUT2D eigenvalue weighted by Gasteiger charge is -2.33. The van der Waals surface area contributed by atoms with Crippen LogP contribution in [0.2, 0.25) is 0 Å². The fourth-order valence-electron chi connectivity index (χ4n) is 4.40. The smallest absolute Gasteiger partial charge is 0.259 e. The van der Waals surface area contributed by atoms with E-state index in [2.05, 4.69) is 26.1 Å². The fraction of sp³-hybridized carbons (Fsp3) is 0.357. The van der Waals surface area contributed by atoms with E-state index < -0.39 is 0 Å². The molecule has 5 heteroatoms. The van der Waals surface area contributed by atoms with Gasteiger partial charge in [0, 0.05) is 16.8 Å². The number of nitrogens with one attached hydrogen (secondary N) is 1. The van der Waals surface area contributed by atoms with Crippen molar-refractivity contribution in [1.29, 1.82) is 0 Å². The van der Waals surface area contributed by atoms with E-state index in [9.17, 15) is 4.79 Å². The highest BCUT2D eigenvalue weighted by Crippen LogP contribution is 2.45. The van der Waals surface area contributed by atoms with E-state index in [-0.39, 0.29) is 11.3 Å². The van der Waals surface area contributed by atoms with E-state index in [1.54, 1.807) is 18.4 Å². The molecule has 1 amide bonds. The van der Waals surface area contributed by atoms with Gasteiger partial charge in [-0.15, -0.1) is 11.3 Å². The van der Waals surface area contributed by atoms with Crippen LogP contribution in [0.5, 0.6) is 5.75 Å². The molecule has 3 aromatic rings. The normalized spacial score (nSPS) is 16.0. The maximum atomic E-state index is 13.4. The largest absolute Gasteiger partial charge is 0.497 e. The number of aliphatic imine (C=N–C) groups is 1. The minimum atomic E-state index is -0.0773. The number of fused-ring (bicyclic) bond motifs is 1. The molecule has 1 aromatic heterocycles. The summed E-state index contributed by atoms with van der Waals surface area (Å²) in [4.78, 5) is 19.6. The Hall–Kier alpha value is -2.92. The summed E-state index contributed by atoms with van der Waals surface area (Å²) in [6.07, 6.45) is 4.89. The quantitative estimate of drug-likeness (QED) is 0.409. The van der Waals surface area contributed by atoms with E-state index in [0.717, 1.165) is 52.4 Å². The summed E-state index contributed by atoms with van der Waals surface area (Å²) in [6.45, 7) is 8.97. The molecular weight excluding hydrogens is 428 g/mol. The number of carbonyl (C=O) groups excluding carboxylic acids is 1. The lowest BCUT2D eigenvalue weighted by molar-refractivity contribution is 0.102. The summed E-state index contributed by atoms with van der Waals surface area (Å²) in [6, 6.07) is 15.6. The molecule has 1 heterocycles. The van der Waals surface area contributed by atoms with Crippen molar-refractivity contribution in [2.24, 2.45) is 16.3 Å². The first kappa shape index (κ1) is 23.2. The van der Waals surface area contributed by atoms with Crippen LogP contribution in [0.3, 0.4) is 0 Å². The number of hydrogen-bond acceptors (Lipinski definition) is 4. The van der Waals surface area contributed by atoms with Gasteiger partial charge in [-0.05, 0) is 84.5 Å². The van der Waals surface area contributed by atoms with Gasteiger partial charge in [-0.25, -0.2) is 4.99 Å². The molecule has 0 saturated carbocycles. The molecule has 1 aliphatic carbocycles. The molecule has 33 heavy (non-hydrogen) atoms. The molecule has 2 aromatic carbocycles. The first-order valence-electron chi connectivity index (χ1n) is 11.5. The summed E-state index contributed by atoms with van der Waals surface area (Å²) >= 11 is 1.67. The average Bonchev–Trinajstić information content (AvgIpc) is 3.16. The molecule has 4 rings (SSSR count). The maximum absolute atomic E-state index is 13.4. The summed E-state index contributed by atoms with van der Waals surface area (Å²) in [5.41, 5.74) is 5.05. The number of amides is 1. The van der Waals surface area contributed by atoms with Crippen molar-refractivity contribution in [3.63, 3.8) is 0 Å². The minimum Gasteiger partial charge on any atom is -0.497 e. The van der Waals surface area contributed by atoms with Crippen molar-refractivity contribution in [2.45, 2.75) is 47.0 Å². The van der Waals surface area contributed by atoms with Crippen LogP contribution < -0.4 is 10.1 Å². The molecule has 0 bridgehead atoms. The molecular formula is C28H32N2O2S. The third kappa shape index (κ3) is 5.19. The van der Waals surface area contributed by atoms with E-state index in [0.29, 0.717) is 5.92 Å². The highest BCUT2D eigenvalue weighted by molar-refractivity contribution is 7.16. The minimum absolute atomic E-state index is 0.0773. The first-order valence-corrected chi connectivity index (χ1v) is 12.3. The molecule has 0 saturated heterocycles. The van der Waals surface area contributed by atoms with Gasteiger partial charge in [-0.2, -0.15) is 0 Å². The Kier molecular flexibility index (Phi) is 6.71. The Bertz CT molecular complexity index is 1170. The lowest BCUT2D eigenvalue weighted by atomic mass is 9.72. The van der Waals surface area contributed by atoms with Crippen LogP contribution >= 0.6 is 11.3 Å². The second-order valence-corrected chi connectivity index (χ2v) is 10.9. The van der Waals surface area contributed by atoms with Crippen LogP contribution in [0, 0.1) is 18.3 Å². The molecule has 1 atom stereocenters. The third-order valence-electron chi connectivity index (χ3n) is 6.53. The summed E-state index contributed by atoms with van der Waals surface area (Å²) < 4.78 is 5.32. The SMILES string of the molecule is COc1ccc(C=Nc2sc3c(c2C(=O)Nc2ccccc2)CC[C@H](C(C)(C)C)C3)c(C)c1. The zero-order valence-electron chi connectivity index (χ0n) is 20.1. The molecule has 1 N–H and O–H groups in total. The number of anilines is 1. The van der Waals surface area contributed by atoms with Gasteiger partial charge in [0.15, 0.2) is 0 Å². The maximum Gasteiger partial charge on any atom is 0.259 e. The van der Waals surface area contributed by atoms with E-state index in [1.165, 1.54) is 10.4 Å². The van der Waals surface area contributed by atoms with Gasteiger partial charge in [0.05, 0.1) is 12.7 Å². The second kappa shape index (κ2) is 9.52. The number of hydrogen-bond donors (Lipinski definition) is 1. The van der Waals surface area contributed by atoms with Crippen molar-refractivity contribution in [3.05, 3.63) is 75.7 Å². The van der Waals surface area contributed by atoms with Crippen LogP contribution in [0.25, 0.3) is 0 Å². The number of para-hydroxylation sites is 1. The molecule has 0 radical (unpaired) electrons. The number of carbonyl (C=O) groups is 1. The molecule has 0 fully saturated rings. The van der Waals surface area contributed by atoms with Crippen LogP contribution in [0.1, 0.15) is 59.1 Å².